The van der Waals surface area contributed by atoms with E-state index >= 15 is 0 Å². The predicted molar refractivity (Wildman–Crippen MR) is 59.3 cm³/mol. The van der Waals surface area contributed by atoms with Crippen molar-refractivity contribution in [3.8, 4) is 11.3 Å². The summed E-state index contributed by atoms with van der Waals surface area (Å²) in [4.78, 5) is 24.2. The quantitative estimate of drug-likeness (QED) is 0.708. The van der Waals surface area contributed by atoms with Gasteiger partial charge >= 0.3 is 11.7 Å². The molecule has 0 aliphatic rings. The van der Waals surface area contributed by atoms with Crippen LogP contribution in [0.25, 0.3) is 22.4 Å². The molecule has 7 nitrogen and oxygen atoms in total. The van der Waals surface area contributed by atoms with Crippen molar-refractivity contribution >= 4 is 17.1 Å². The lowest BCUT2D eigenvalue weighted by molar-refractivity contribution is 0.0686. The van der Waals surface area contributed by atoms with E-state index in [9.17, 15) is 9.59 Å². The number of benzene rings is 1. The van der Waals surface area contributed by atoms with Crippen molar-refractivity contribution in [1.82, 2.24) is 10.1 Å². The SMILES string of the molecule is O=C(O)c1cc(-c2ccc3[nH]c(=O)oc3c2)on1. The molecule has 0 aliphatic heterocycles. The van der Waals surface area contributed by atoms with Crippen LogP contribution in [0.15, 0.2) is 38.0 Å². The zero-order valence-electron chi connectivity index (χ0n) is 8.84. The van der Waals surface area contributed by atoms with E-state index in [4.69, 9.17) is 14.0 Å². The van der Waals surface area contributed by atoms with Crippen molar-refractivity contribution < 1.29 is 18.8 Å². The summed E-state index contributed by atoms with van der Waals surface area (Å²) in [6.07, 6.45) is 0. The van der Waals surface area contributed by atoms with Gasteiger partial charge in [0.15, 0.2) is 17.0 Å². The molecular weight excluding hydrogens is 240 g/mol. The maximum Gasteiger partial charge on any atom is 0.417 e. The average molecular weight is 246 g/mol. The fraction of sp³-hybridized carbons (Fsp3) is 0. The number of aromatic carboxylic acids is 1. The molecule has 2 N–H and O–H groups in total. The van der Waals surface area contributed by atoms with E-state index in [0.717, 1.165) is 0 Å². The van der Waals surface area contributed by atoms with Crippen LogP contribution in [-0.4, -0.2) is 21.2 Å². The second-order valence-corrected chi connectivity index (χ2v) is 3.61. The van der Waals surface area contributed by atoms with Crippen LogP contribution in [0.2, 0.25) is 0 Å². The monoisotopic (exact) mass is 246 g/mol. The fourth-order valence-corrected chi connectivity index (χ4v) is 1.61. The zero-order valence-corrected chi connectivity index (χ0v) is 8.84. The van der Waals surface area contributed by atoms with Gasteiger partial charge < -0.3 is 14.0 Å². The lowest BCUT2D eigenvalue weighted by Crippen LogP contribution is -1.94. The Balaban J connectivity index is 2.12. The first-order chi connectivity index (χ1) is 8.63. The molecule has 0 saturated carbocycles. The van der Waals surface area contributed by atoms with Crippen LogP contribution >= 0.6 is 0 Å². The Labute approximate surface area is 98.6 Å². The van der Waals surface area contributed by atoms with Gasteiger partial charge in [0.1, 0.15) is 0 Å². The van der Waals surface area contributed by atoms with E-state index in [2.05, 4.69) is 10.1 Å². The number of aromatic nitrogens is 2. The first kappa shape index (κ1) is 10.3. The van der Waals surface area contributed by atoms with E-state index in [1.807, 2.05) is 0 Å². The summed E-state index contributed by atoms with van der Waals surface area (Å²) in [5.74, 6) is -1.43. The van der Waals surface area contributed by atoms with Crippen molar-refractivity contribution in [2.75, 3.05) is 0 Å². The molecule has 2 aromatic heterocycles. The van der Waals surface area contributed by atoms with Crippen LogP contribution < -0.4 is 5.76 Å². The van der Waals surface area contributed by atoms with E-state index < -0.39 is 11.7 Å². The van der Waals surface area contributed by atoms with E-state index in [1.54, 1.807) is 18.2 Å². The van der Waals surface area contributed by atoms with Crippen LogP contribution in [-0.2, 0) is 0 Å². The number of carboxylic acids is 1. The molecule has 3 rings (SSSR count). The first-order valence-corrected chi connectivity index (χ1v) is 4.97. The van der Waals surface area contributed by atoms with Crippen molar-refractivity contribution in [2.45, 2.75) is 0 Å². The molecule has 0 atom stereocenters. The number of carbonyl (C=O) groups is 1. The number of nitrogens with zero attached hydrogens (tertiary/aromatic N) is 1. The molecule has 0 saturated heterocycles. The normalized spacial score (nSPS) is 10.9. The first-order valence-electron chi connectivity index (χ1n) is 4.97. The van der Waals surface area contributed by atoms with Gasteiger partial charge in [0, 0.05) is 11.6 Å². The summed E-state index contributed by atoms with van der Waals surface area (Å²) in [6.45, 7) is 0. The van der Waals surface area contributed by atoms with Crippen molar-refractivity contribution in [1.29, 1.82) is 0 Å². The minimum Gasteiger partial charge on any atom is -0.476 e. The topological polar surface area (TPSA) is 109 Å². The minimum absolute atomic E-state index is 0.180. The Morgan fingerprint density at radius 1 is 1.33 bits per heavy atom. The smallest absolute Gasteiger partial charge is 0.417 e. The van der Waals surface area contributed by atoms with Gasteiger partial charge in [-0.3, -0.25) is 4.98 Å². The third-order valence-corrected chi connectivity index (χ3v) is 2.43. The Bertz CT molecular complexity index is 795. The summed E-state index contributed by atoms with van der Waals surface area (Å²) >= 11 is 0. The summed E-state index contributed by atoms with van der Waals surface area (Å²) < 4.78 is 9.80. The Kier molecular flexibility index (Phi) is 2.06. The third-order valence-electron chi connectivity index (χ3n) is 2.43. The molecule has 0 amide bonds. The van der Waals surface area contributed by atoms with Gasteiger partial charge in [-0.15, -0.1) is 0 Å². The highest BCUT2D eigenvalue weighted by Crippen LogP contribution is 2.23. The number of H-pyrrole nitrogens is 1. The van der Waals surface area contributed by atoms with Crippen LogP contribution in [0.3, 0.4) is 0 Å². The number of nitrogens with one attached hydrogen (secondary N) is 1. The van der Waals surface area contributed by atoms with Crippen LogP contribution in [0, 0.1) is 0 Å². The second kappa shape index (κ2) is 3.59. The number of hydrogen-bond donors (Lipinski definition) is 2. The molecule has 1 aromatic carbocycles. The van der Waals surface area contributed by atoms with Gasteiger partial charge in [-0.05, 0) is 18.2 Å². The van der Waals surface area contributed by atoms with Crippen molar-refractivity contribution in [2.24, 2.45) is 0 Å². The molecular formula is C11H6N2O5. The average Bonchev–Trinajstić information content (AvgIpc) is 2.91. The molecule has 7 heteroatoms. The van der Waals surface area contributed by atoms with Crippen molar-refractivity contribution in [3.63, 3.8) is 0 Å². The molecule has 3 aromatic rings. The minimum atomic E-state index is -1.17. The third kappa shape index (κ3) is 1.58. The maximum absolute atomic E-state index is 11.0. The van der Waals surface area contributed by atoms with Gasteiger partial charge in [-0.2, -0.15) is 0 Å². The second-order valence-electron chi connectivity index (χ2n) is 3.61. The number of hydrogen-bond acceptors (Lipinski definition) is 5. The molecule has 0 unspecified atom stereocenters. The Morgan fingerprint density at radius 2 is 2.17 bits per heavy atom. The summed E-state index contributed by atoms with van der Waals surface area (Å²) in [5.41, 5.74) is 1.32. The Morgan fingerprint density at radius 3 is 2.89 bits per heavy atom. The number of rotatable bonds is 2. The van der Waals surface area contributed by atoms with Gasteiger partial charge in [0.2, 0.25) is 0 Å². The van der Waals surface area contributed by atoms with Crippen LogP contribution in [0.4, 0.5) is 0 Å². The Hall–Kier alpha value is -2.83. The number of oxazole rings is 1. The lowest BCUT2D eigenvalue weighted by atomic mass is 10.1. The highest BCUT2D eigenvalue weighted by Gasteiger charge is 2.13. The van der Waals surface area contributed by atoms with Crippen LogP contribution in [0.1, 0.15) is 10.5 Å². The molecule has 0 spiro atoms. The van der Waals surface area contributed by atoms with Crippen LogP contribution in [0.5, 0.6) is 0 Å². The van der Waals surface area contributed by atoms with E-state index in [-0.39, 0.29) is 11.5 Å². The number of aromatic amines is 1. The molecule has 90 valence electrons. The lowest BCUT2D eigenvalue weighted by Gasteiger charge is -1.93. The van der Waals surface area contributed by atoms with Crippen molar-refractivity contribution in [3.05, 3.63) is 40.5 Å². The molecule has 0 aliphatic carbocycles. The zero-order chi connectivity index (χ0) is 12.7. The predicted octanol–water partition coefficient (Wildman–Crippen LogP) is 1.47. The largest absolute Gasteiger partial charge is 0.476 e. The fourth-order valence-electron chi connectivity index (χ4n) is 1.61. The van der Waals surface area contributed by atoms with Gasteiger partial charge in [-0.1, -0.05) is 5.16 Å². The maximum atomic E-state index is 11.0. The highest BCUT2D eigenvalue weighted by molar-refractivity contribution is 5.87. The van der Waals surface area contributed by atoms with Gasteiger partial charge in [0.05, 0.1) is 5.52 Å². The summed E-state index contributed by atoms with van der Waals surface area (Å²) in [5, 5.41) is 12.1. The molecule has 0 fully saturated rings. The van der Waals surface area contributed by atoms with Gasteiger partial charge in [0.25, 0.3) is 0 Å². The number of fused-ring (bicyclic) bond motifs is 1. The standard InChI is InChI=1S/C11H6N2O5/c14-10(15)7-4-8(18-13-7)5-1-2-6-9(3-5)17-11(16)12-6/h1-4H,(H,12,16)(H,14,15). The van der Waals surface area contributed by atoms with Gasteiger partial charge in [-0.25, -0.2) is 9.59 Å². The highest BCUT2D eigenvalue weighted by atomic mass is 16.5. The number of carboxylic acid groups (broad SMARTS) is 1. The molecule has 18 heavy (non-hydrogen) atoms. The summed E-state index contributed by atoms with van der Waals surface area (Å²) in [7, 11) is 0. The van der Waals surface area contributed by atoms with E-state index in [1.165, 1.54) is 6.07 Å². The molecule has 0 bridgehead atoms. The molecule has 0 radical (unpaired) electrons. The molecule has 2 heterocycles. The summed E-state index contributed by atoms with van der Waals surface area (Å²) in [6, 6.07) is 6.17. The van der Waals surface area contributed by atoms with E-state index in [0.29, 0.717) is 16.7 Å².